The predicted molar refractivity (Wildman–Crippen MR) is 271 cm³/mol. The number of alkyl carbamates (subject to hydrolysis) is 2. The molecule has 15 heteroatoms. The average Bonchev–Trinajstić information content (AvgIpc) is 4.26. The summed E-state index contributed by atoms with van der Waals surface area (Å²) in [6.07, 6.45) is 11.6. The van der Waals surface area contributed by atoms with Crippen molar-refractivity contribution in [1.82, 2.24) is 40.4 Å². The number of carbonyl (C=O) groups is 4. The van der Waals surface area contributed by atoms with Crippen LogP contribution in [0, 0.1) is 11.8 Å². The Morgan fingerprint density at radius 2 is 1.17 bits per heavy atom. The number of aromatic amines is 2. The summed E-state index contributed by atoms with van der Waals surface area (Å²) in [5, 5.41) is 5.60. The number of methoxy groups -OCH3 is 2. The van der Waals surface area contributed by atoms with E-state index in [0.29, 0.717) is 42.8 Å². The van der Waals surface area contributed by atoms with Crippen molar-refractivity contribution in [1.29, 1.82) is 0 Å². The van der Waals surface area contributed by atoms with Crippen LogP contribution in [-0.4, -0.2) is 81.0 Å². The first kappa shape index (κ1) is 46.9. The molecule has 6 atom stereocenters. The van der Waals surface area contributed by atoms with Crippen LogP contribution in [0.15, 0.2) is 91.3 Å². The highest BCUT2D eigenvalue weighted by atomic mass is 16.5. The number of likely N-dealkylation sites (tertiary alicyclic amines) is 2. The molecule has 4 N–H and O–H groups in total. The van der Waals surface area contributed by atoms with Gasteiger partial charge in [-0.05, 0) is 119 Å². The molecular formula is C57H62N8O7. The number of aryl methyl sites for hydroxylation is 2. The summed E-state index contributed by atoms with van der Waals surface area (Å²) in [4.78, 5) is 74.6. The zero-order valence-electron chi connectivity index (χ0n) is 41.3. The SMILES string of the molecule is COC(=O)N[C@@H](C(=O)N1C[C@@H](C)C[C@H]1c1ncc(-c2cc3c4c(c2)COc2cc(-c5cnc([C@@H]6C[C@H](C)CN6C(=O)[C@H](NC(=O)OC)c6ccc(C7CCCCC7)cc6)[nH]5)cc(c2-4)CC3)[nH]1)c1ccccc1. The molecule has 372 valence electrons. The number of hydrogen-bond donors (Lipinski definition) is 4. The summed E-state index contributed by atoms with van der Waals surface area (Å²) in [5.41, 5.74) is 12.3. The molecule has 72 heavy (non-hydrogen) atoms. The van der Waals surface area contributed by atoms with Crippen molar-refractivity contribution < 1.29 is 33.4 Å². The molecule has 3 aliphatic heterocycles. The van der Waals surface area contributed by atoms with E-state index < -0.39 is 24.3 Å². The number of amides is 4. The van der Waals surface area contributed by atoms with Crippen molar-refractivity contribution in [2.24, 2.45) is 11.8 Å². The van der Waals surface area contributed by atoms with Crippen LogP contribution in [0.3, 0.4) is 0 Å². The molecule has 5 aliphatic rings. The summed E-state index contributed by atoms with van der Waals surface area (Å²) >= 11 is 0. The van der Waals surface area contributed by atoms with Crippen LogP contribution in [0.1, 0.15) is 134 Å². The number of nitrogens with zero attached hydrogens (tertiary/aromatic N) is 4. The number of imidazole rings is 2. The molecule has 0 unspecified atom stereocenters. The van der Waals surface area contributed by atoms with Crippen molar-refractivity contribution in [2.45, 2.75) is 108 Å². The number of nitrogens with one attached hydrogen (secondary N) is 4. The molecule has 2 aliphatic carbocycles. The van der Waals surface area contributed by atoms with E-state index in [-0.39, 0.29) is 35.7 Å². The zero-order valence-corrected chi connectivity index (χ0v) is 41.3. The van der Waals surface area contributed by atoms with Gasteiger partial charge >= 0.3 is 12.2 Å². The highest BCUT2D eigenvalue weighted by Crippen LogP contribution is 2.49. The van der Waals surface area contributed by atoms with Gasteiger partial charge in [0.2, 0.25) is 0 Å². The van der Waals surface area contributed by atoms with Gasteiger partial charge in [0.15, 0.2) is 0 Å². The average molecular weight is 971 g/mol. The van der Waals surface area contributed by atoms with Gasteiger partial charge in [-0.15, -0.1) is 0 Å². The van der Waals surface area contributed by atoms with E-state index in [1.54, 1.807) is 0 Å². The van der Waals surface area contributed by atoms with E-state index in [1.165, 1.54) is 68.6 Å². The number of rotatable bonds is 11. The molecule has 2 aromatic heterocycles. The maximum absolute atomic E-state index is 14.6. The number of aromatic nitrogens is 4. The van der Waals surface area contributed by atoms with Crippen molar-refractivity contribution in [2.75, 3.05) is 27.3 Å². The van der Waals surface area contributed by atoms with Gasteiger partial charge in [0, 0.05) is 29.8 Å². The number of H-pyrrole nitrogens is 2. The molecule has 3 fully saturated rings. The lowest BCUT2D eigenvalue weighted by molar-refractivity contribution is -0.135. The quantitative estimate of drug-likeness (QED) is 0.0981. The molecule has 0 radical (unpaired) electrons. The maximum Gasteiger partial charge on any atom is 0.407 e. The third-order valence-corrected chi connectivity index (χ3v) is 15.7. The Hall–Kier alpha value is -7.42. The van der Waals surface area contributed by atoms with Crippen LogP contribution in [-0.2, 0) is 38.5 Å². The van der Waals surface area contributed by atoms with E-state index in [9.17, 15) is 19.2 Å². The smallest absolute Gasteiger partial charge is 0.407 e. The highest BCUT2D eigenvalue weighted by Gasteiger charge is 2.42. The van der Waals surface area contributed by atoms with Gasteiger partial charge in [-0.1, -0.05) is 87.7 Å². The third kappa shape index (κ3) is 8.98. The summed E-state index contributed by atoms with van der Waals surface area (Å²) in [7, 11) is 2.61. The van der Waals surface area contributed by atoms with Crippen LogP contribution in [0.2, 0.25) is 0 Å². The Morgan fingerprint density at radius 1 is 0.653 bits per heavy atom. The first-order chi connectivity index (χ1) is 35.0. The molecule has 0 spiro atoms. The van der Waals surface area contributed by atoms with Crippen LogP contribution >= 0.6 is 0 Å². The summed E-state index contributed by atoms with van der Waals surface area (Å²) in [5.74, 6) is 2.81. The molecule has 2 saturated heterocycles. The minimum atomic E-state index is -0.909. The van der Waals surface area contributed by atoms with Crippen molar-refractivity contribution >= 4 is 24.0 Å². The Morgan fingerprint density at radius 3 is 1.72 bits per heavy atom. The van der Waals surface area contributed by atoms with Crippen molar-refractivity contribution in [3.05, 3.63) is 136 Å². The second kappa shape index (κ2) is 19.6. The molecular weight excluding hydrogens is 909 g/mol. The summed E-state index contributed by atoms with van der Waals surface area (Å²) in [6, 6.07) is 23.8. The topological polar surface area (TPSA) is 184 Å². The summed E-state index contributed by atoms with van der Waals surface area (Å²) in [6.45, 7) is 5.74. The van der Waals surface area contributed by atoms with E-state index in [2.05, 4.69) is 70.8 Å². The third-order valence-electron chi connectivity index (χ3n) is 15.7. The number of benzene rings is 4. The zero-order chi connectivity index (χ0) is 49.6. The fourth-order valence-electron chi connectivity index (χ4n) is 12.1. The Labute approximate surface area is 419 Å². The van der Waals surface area contributed by atoms with Gasteiger partial charge in [-0.2, -0.15) is 0 Å². The van der Waals surface area contributed by atoms with Gasteiger partial charge in [0.25, 0.3) is 11.8 Å². The number of carbonyl (C=O) groups excluding carboxylic acids is 4. The molecule has 0 bridgehead atoms. The Bertz CT molecular complexity index is 2960. The largest absolute Gasteiger partial charge is 0.488 e. The minimum Gasteiger partial charge on any atom is -0.488 e. The monoisotopic (exact) mass is 970 g/mol. The van der Waals surface area contributed by atoms with Gasteiger partial charge in [-0.25, -0.2) is 19.6 Å². The first-order valence-electron chi connectivity index (χ1n) is 25.5. The standard InChI is InChI=1S/C57H62N8O7/c1-32-21-45(64(29-32)54(66)50(62-56(68)70-3)36-13-9-6-10-14-36)52-58-27-43(60-52)40-23-38-19-20-39-24-41(26-47-49(39)48(38)42(25-40)31-72-47)44-28-59-53(61-44)46-22-33(2)30-65(46)55(67)51(63-57(69)71-4)37-17-15-35(16-18-37)34-11-7-5-8-12-34/h6,9-10,13-18,23-28,32-34,45-46,50-51H,5,7-8,11-12,19-22,29-31H2,1-4H3,(H,58,60)(H,59,61)(H,62,68)(H,63,69)/t32-,33-,45-,46-,50+,51+/m0/s1. The van der Waals surface area contributed by atoms with Gasteiger partial charge in [0.05, 0.1) is 50.1 Å². The molecule has 1 saturated carbocycles. The van der Waals surface area contributed by atoms with Crippen LogP contribution in [0.25, 0.3) is 33.6 Å². The van der Waals surface area contributed by atoms with E-state index in [1.807, 2.05) is 64.7 Å². The second-order valence-corrected chi connectivity index (χ2v) is 20.6. The van der Waals surface area contributed by atoms with Gasteiger partial charge in [-0.3, -0.25) is 9.59 Å². The molecule has 11 rings (SSSR count). The maximum atomic E-state index is 14.6. The fraction of sp³-hybridized carbons (Fsp3) is 0.404. The molecule has 4 amide bonds. The lowest BCUT2D eigenvalue weighted by Crippen LogP contribution is -2.43. The number of ether oxygens (including phenoxy) is 3. The van der Waals surface area contributed by atoms with E-state index in [0.717, 1.165) is 70.6 Å². The first-order valence-corrected chi connectivity index (χ1v) is 25.5. The Balaban J connectivity index is 0.822. The molecule has 5 heterocycles. The lowest BCUT2D eigenvalue weighted by Gasteiger charge is -2.30. The minimum absolute atomic E-state index is 0.194. The van der Waals surface area contributed by atoms with Crippen LogP contribution < -0.4 is 15.4 Å². The van der Waals surface area contributed by atoms with Crippen LogP contribution in [0.5, 0.6) is 5.75 Å². The van der Waals surface area contributed by atoms with Crippen molar-refractivity contribution in [3.63, 3.8) is 0 Å². The summed E-state index contributed by atoms with van der Waals surface area (Å²) < 4.78 is 16.5. The number of hydrogen-bond acceptors (Lipinski definition) is 9. The van der Waals surface area contributed by atoms with Gasteiger partial charge in [0.1, 0.15) is 36.1 Å². The fourth-order valence-corrected chi connectivity index (χ4v) is 12.1. The normalized spacial score (nSPS) is 21.1. The van der Waals surface area contributed by atoms with Gasteiger partial charge < -0.3 is 44.6 Å². The second-order valence-electron chi connectivity index (χ2n) is 20.6. The Kier molecular flexibility index (Phi) is 12.8. The molecule has 6 aromatic rings. The molecule has 15 nitrogen and oxygen atoms in total. The highest BCUT2D eigenvalue weighted by molar-refractivity contribution is 5.89. The van der Waals surface area contributed by atoms with E-state index >= 15 is 0 Å². The molecule has 4 aromatic carbocycles. The predicted octanol–water partition coefficient (Wildman–Crippen LogP) is 10.2. The van der Waals surface area contributed by atoms with Crippen molar-refractivity contribution in [3.8, 4) is 39.4 Å². The lowest BCUT2D eigenvalue weighted by atomic mass is 9.79. The van der Waals surface area contributed by atoms with Crippen LogP contribution in [0.4, 0.5) is 9.59 Å². The van der Waals surface area contributed by atoms with E-state index in [4.69, 9.17) is 24.2 Å².